The fourth-order valence-electron chi connectivity index (χ4n) is 2.37. The highest BCUT2D eigenvalue weighted by molar-refractivity contribution is 9.10. The molecule has 3 rings (SSSR count). The Morgan fingerprint density at radius 1 is 1.35 bits per heavy atom. The van der Waals surface area contributed by atoms with E-state index in [9.17, 15) is 0 Å². The Hall–Kier alpha value is -1.86. The summed E-state index contributed by atoms with van der Waals surface area (Å²) in [5.74, 6) is 2.10. The van der Waals surface area contributed by atoms with Gasteiger partial charge in [-0.05, 0) is 53.0 Å². The van der Waals surface area contributed by atoms with Crippen molar-refractivity contribution in [3.8, 4) is 5.75 Å². The predicted molar refractivity (Wildman–Crippen MR) is 93.5 cm³/mol. The maximum Gasteiger partial charge on any atom is 0.229 e. The van der Waals surface area contributed by atoms with Gasteiger partial charge in [-0.15, -0.1) is 0 Å². The Balaban J connectivity index is 1.65. The Labute approximate surface area is 143 Å². The molecule has 1 fully saturated rings. The van der Waals surface area contributed by atoms with E-state index in [1.165, 1.54) is 0 Å². The second kappa shape index (κ2) is 7.61. The Morgan fingerprint density at radius 2 is 2.17 bits per heavy atom. The van der Waals surface area contributed by atoms with E-state index in [0.29, 0.717) is 5.95 Å². The molecule has 1 unspecified atom stereocenters. The van der Waals surface area contributed by atoms with Gasteiger partial charge in [-0.3, -0.25) is 0 Å². The van der Waals surface area contributed by atoms with Crippen molar-refractivity contribution in [1.82, 2.24) is 9.97 Å². The lowest BCUT2D eigenvalue weighted by atomic mass is 10.2. The van der Waals surface area contributed by atoms with Crippen LogP contribution in [0, 0.1) is 0 Å². The minimum Gasteiger partial charge on any atom is -0.497 e. The zero-order valence-corrected chi connectivity index (χ0v) is 14.5. The molecule has 2 aromatic rings. The minimum absolute atomic E-state index is 0.259. The van der Waals surface area contributed by atoms with Crippen molar-refractivity contribution in [2.24, 2.45) is 0 Å². The van der Waals surface area contributed by atoms with Crippen LogP contribution in [0.2, 0.25) is 0 Å². The van der Waals surface area contributed by atoms with Gasteiger partial charge in [-0.25, -0.2) is 4.98 Å². The van der Waals surface area contributed by atoms with Gasteiger partial charge < -0.3 is 20.1 Å². The molecule has 23 heavy (non-hydrogen) atoms. The lowest BCUT2D eigenvalue weighted by Gasteiger charge is -2.13. The van der Waals surface area contributed by atoms with Crippen LogP contribution >= 0.6 is 15.9 Å². The molecule has 0 radical (unpaired) electrons. The van der Waals surface area contributed by atoms with Crippen molar-refractivity contribution in [1.29, 1.82) is 0 Å². The number of methoxy groups -OCH3 is 1. The molecule has 122 valence electrons. The zero-order chi connectivity index (χ0) is 16.1. The summed E-state index contributed by atoms with van der Waals surface area (Å²) in [4.78, 5) is 8.79. The first kappa shape index (κ1) is 16.0. The highest BCUT2D eigenvalue weighted by Crippen LogP contribution is 2.23. The molecule has 1 aliphatic rings. The SMILES string of the molecule is COc1ccc(Nc2ncc(Br)c(NCC3CCCO3)n2)cc1. The van der Waals surface area contributed by atoms with Crippen molar-refractivity contribution in [3.05, 3.63) is 34.9 Å². The maximum absolute atomic E-state index is 5.61. The molecule has 1 aromatic carbocycles. The molecule has 7 heteroatoms. The summed E-state index contributed by atoms with van der Waals surface area (Å²) in [6.45, 7) is 1.60. The number of ether oxygens (including phenoxy) is 2. The van der Waals surface area contributed by atoms with Crippen LogP contribution in [0.3, 0.4) is 0 Å². The predicted octanol–water partition coefficient (Wildman–Crippen LogP) is 3.58. The molecule has 1 aliphatic heterocycles. The lowest BCUT2D eigenvalue weighted by Crippen LogP contribution is -2.19. The van der Waals surface area contributed by atoms with Gasteiger partial charge in [0.1, 0.15) is 11.6 Å². The topological polar surface area (TPSA) is 68.3 Å². The number of nitrogens with zero attached hydrogens (tertiary/aromatic N) is 2. The molecule has 6 nitrogen and oxygen atoms in total. The molecule has 0 saturated carbocycles. The van der Waals surface area contributed by atoms with E-state index in [4.69, 9.17) is 9.47 Å². The van der Waals surface area contributed by atoms with E-state index >= 15 is 0 Å². The zero-order valence-electron chi connectivity index (χ0n) is 12.9. The number of nitrogens with one attached hydrogen (secondary N) is 2. The first-order valence-corrected chi connectivity index (χ1v) is 8.33. The molecule has 1 aromatic heterocycles. The molecular formula is C16H19BrN4O2. The second-order valence-corrected chi connectivity index (χ2v) is 6.11. The Morgan fingerprint density at radius 3 is 2.87 bits per heavy atom. The third-order valence-corrected chi connectivity index (χ3v) is 4.19. The van der Waals surface area contributed by atoms with E-state index in [2.05, 4.69) is 36.5 Å². The van der Waals surface area contributed by atoms with Gasteiger partial charge in [0.2, 0.25) is 5.95 Å². The van der Waals surface area contributed by atoms with E-state index in [1.54, 1.807) is 13.3 Å². The Bertz CT molecular complexity index is 645. The molecule has 0 amide bonds. The van der Waals surface area contributed by atoms with Gasteiger partial charge in [-0.2, -0.15) is 4.98 Å². The molecule has 2 heterocycles. The number of hydrogen-bond acceptors (Lipinski definition) is 6. The number of halogens is 1. The fraction of sp³-hybridized carbons (Fsp3) is 0.375. The van der Waals surface area contributed by atoms with Crippen molar-refractivity contribution in [3.63, 3.8) is 0 Å². The number of hydrogen-bond donors (Lipinski definition) is 2. The van der Waals surface area contributed by atoms with Crippen LogP contribution in [0.4, 0.5) is 17.5 Å². The number of benzene rings is 1. The molecular weight excluding hydrogens is 360 g/mol. The highest BCUT2D eigenvalue weighted by atomic mass is 79.9. The second-order valence-electron chi connectivity index (χ2n) is 5.26. The van der Waals surface area contributed by atoms with E-state index < -0.39 is 0 Å². The van der Waals surface area contributed by atoms with Crippen molar-refractivity contribution < 1.29 is 9.47 Å². The summed E-state index contributed by atoms with van der Waals surface area (Å²) < 4.78 is 11.6. The average Bonchev–Trinajstić information content (AvgIpc) is 3.09. The van der Waals surface area contributed by atoms with Gasteiger partial charge in [0.15, 0.2) is 0 Å². The van der Waals surface area contributed by atoms with Crippen LogP contribution < -0.4 is 15.4 Å². The van der Waals surface area contributed by atoms with Gasteiger partial charge >= 0.3 is 0 Å². The van der Waals surface area contributed by atoms with Gasteiger partial charge in [-0.1, -0.05) is 0 Å². The highest BCUT2D eigenvalue weighted by Gasteiger charge is 2.16. The third kappa shape index (κ3) is 4.33. The summed E-state index contributed by atoms with van der Waals surface area (Å²) in [5.41, 5.74) is 0.901. The van der Waals surface area contributed by atoms with E-state index in [-0.39, 0.29) is 6.10 Å². The van der Waals surface area contributed by atoms with Crippen LogP contribution in [0.5, 0.6) is 5.75 Å². The molecule has 1 saturated heterocycles. The number of anilines is 3. The molecule has 0 aliphatic carbocycles. The van der Waals surface area contributed by atoms with Gasteiger partial charge in [0.05, 0.1) is 17.7 Å². The normalized spacial score (nSPS) is 17.0. The first-order chi connectivity index (χ1) is 11.2. The van der Waals surface area contributed by atoms with Crippen molar-refractivity contribution in [2.45, 2.75) is 18.9 Å². The van der Waals surface area contributed by atoms with Crippen LogP contribution in [0.25, 0.3) is 0 Å². The molecule has 0 bridgehead atoms. The smallest absolute Gasteiger partial charge is 0.229 e. The van der Waals surface area contributed by atoms with Crippen LogP contribution in [0.15, 0.2) is 34.9 Å². The number of rotatable bonds is 6. The standard InChI is InChI=1S/C16H19BrN4O2/c1-22-12-6-4-11(5-7-12)20-16-19-10-14(17)15(21-16)18-9-13-3-2-8-23-13/h4-7,10,13H,2-3,8-9H2,1H3,(H2,18,19,20,21). The summed E-state index contributed by atoms with van der Waals surface area (Å²) >= 11 is 3.47. The molecule has 0 spiro atoms. The van der Waals surface area contributed by atoms with Gasteiger partial charge in [0, 0.05) is 25.0 Å². The lowest BCUT2D eigenvalue weighted by molar-refractivity contribution is 0.120. The fourth-order valence-corrected chi connectivity index (χ4v) is 2.70. The van der Waals surface area contributed by atoms with Crippen LogP contribution in [0.1, 0.15) is 12.8 Å². The largest absolute Gasteiger partial charge is 0.497 e. The molecule has 2 N–H and O–H groups in total. The summed E-state index contributed by atoms with van der Waals surface area (Å²) in [7, 11) is 1.65. The number of aromatic nitrogens is 2. The molecule has 1 atom stereocenters. The van der Waals surface area contributed by atoms with Crippen molar-refractivity contribution in [2.75, 3.05) is 30.9 Å². The van der Waals surface area contributed by atoms with Crippen LogP contribution in [-0.4, -0.2) is 36.3 Å². The van der Waals surface area contributed by atoms with Gasteiger partial charge in [0.25, 0.3) is 0 Å². The van der Waals surface area contributed by atoms with E-state index in [0.717, 1.165) is 47.7 Å². The monoisotopic (exact) mass is 378 g/mol. The summed E-state index contributed by atoms with van der Waals surface area (Å²) in [5, 5.41) is 6.50. The summed E-state index contributed by atoms with van der Waals surface area (Å²) in [6, 6.07) is 7.61. The summed E-state index contributed by atoms with van der Waals surface area (Å²) in [6.07, 6.45) is 4.21. The average molecular weight is 379 g/mol. The first-order valence-electron chi connectivity index (χ1n) is 7.53. The van der Waals surface area contributed by atoms with E-state index in [1.807, 2.05) is 24.3 Å². The third-order valence-electron chi connectivity index (χ3n) is 3.61. The van der Waals surface area contributed by atoms with Crippen molar-refractivity contribution >= 4 is 33.4 Å². The minimum atomic E-state index is 0.259. The Kier molecular flexibility index (Phi) is 5.30. The maximum atomic E-state index is 5.61. The van der Waals surface area contributed by atoms with Crippen LogP contribution in [-0.2, 0) is 4.74 Å². The quantitative estimate of drug-likeness (QED) is 0.800.